The summed E-state index contributed by atoms with van der Waals surface area (Å²) in [6, 6.07) is 7.10. The number of unbranched alkanes of at least 4 members (excludes halogenated alkanes) is 2. The van der Waals surface area contributed by atoms with E-state index in [0.717, 1.165) is 30.7 Å². The van der Waals surface area contributed by atoms with Gasteiger partial charge in [0.25, 0.3) is 0 Å². The lowest BCUT2D eigenvalue weighted by Gasteiger charge is -2.09. The van der Waals surface area contributed by atoms with Crippen molar-refractivity contribution in [3.05, 3.63) is 24.3 Å². The van der Waals surface area contributed by atoms with Crippen molar-refractivity contribution >= 4 is 11.7 Å². The molecule has 0 aliphatic heterocycles. The van der Waals surface area contributed by atoms with Crippen molar-refractivity contribution in [3.63, 3.8) is 0 Å². The number of hydrogen-bond donors (Lipinski definition) is 2. The lowest BCUT2D eigenvalue weighted by molar-refractivity contribution is 0.146. The number of anilines is 1. The first-order valence-corrected chi connectivity index (χ1v) is 7.03. The van der Waals surface area contributed by atoms with E-state index < -0.39 is 0 Å². The van der Waals surface area contributed by atoms with E-state index in [2.05, 4.69) is 17.6 Å². The maximum atomic E-state index is 11.6. The Balaban J connectivity index is 2.27. The van der Waals surface area contributed by atoms with Gasteiger partial charge in [-0.05, 0) is 30.7 Å². The van der Waals surface area contributed by atoms with Crippen LogP contribution >= 0.6 is 0 Å². The third kappa shape index (κ3) is 6.99. The summed E-state index contributed by atoms with van der Waals surface area (Å²) in [5.74, 6) is 0.760. The fourth-order valence-electron chi connectivity index (χ4n) is 1.63. The average molecular weight is 280 g/mol. The van der Waals surface area contributed by atoms with Crippen molar-refractivity contribution < 1.29 is 14.3 Å². The molecular weight excluding hydrogens is 256 g/mol. The summed E-state index contributed by atoms with van der Waals surface area (Å²) < 4.78 is 10.3. The van der Waals surface area contributed by atoms with Crippen LogP contribution in [0.4, 0.5) is 10.5 Å². The molecule has 1 rings (SSSR count). The van der Waals surface area contributed by atoms with E-state index in [-0.39, 0.29) is 6.03 Å². The molecule has 0 bridgehead atoms. The molecule has 0 unspecified atom stereocenters. The number of amides is 2. The second-order valence-corrected chi connectivity index (χ2v) is 4.45. The summed E-state index contributed by atoms with van der Waals surface area (Å²) in [5.41, 5.74) is 0.747. The van der Waals surface area contributed by atoms with E-state index in [1.807, 2.05) is 24.3 Å². The zero-order chi connectivity index (χ0) is 14.6. The second-order valence-electron chi connectivity index (χ2n) is 4.45. The minimum atomic E-state index is -0.172. The molecule has 0 fully saturated rings. The third-order valence-corrected chi connectivity index (χ3v) is 2.73. The van der Waals surface area contributed by atoms with E-state index in [4.69, 9.17) is 9.47 Å². The molecule has 0 aromatic heterocycles. The van der Waals surface area contributed by atoms with Gasteiger partial charge in [0.05, 0.1) is 6.61 Å². The second kappa shape index (κ2) is 10.1. The van der Waals surface area contributed by atoms with Crippen LogP contribution in [0.25, 0.3) is 0 Å². The van der Waals surface area contributed by atoms with Crippen LogP contribution in [0.2, 0.25) is 0 Å². The van der Waals surface area contributed by atoms with Gasteiger partial charge in [0.2, 0.25) is 0 Å². The third-order valence-electron chi connectivity index (χ3n) is 2.73. The Hall–Kier alpha value is -1.75. The van der Waals surface area contributed by atoms with Crippen LogP contribution in [0.1, 0.15) is 26.2 Å². The smallest absolute Gasteiger partial charge is 0.319 e. The van der Waals surface area contributed by atoms with Crippen LogP contribution in [-0.2, 0) is 4.74 Å². The minimum Gasteiger partial charge on any atom is -0.491 e. The maximum Gasteiger partial charge on any atom is 0.319 e. The van der Waals surface area contributed by atoms with Gasteiger partial charge in [-0.1, -0.05) is 19.8 Å². The largest absolute Gasteiger partial charge is 0.491 e. The number of ether oxygens (including phenoxy) is 2. The summed E-state index contributed by atoms with van der Waals surface area (Å²) in [6.07, 6.45) is 3.29. The molecule has 5 nitrogen and oxygen atoms in total. The molecule has 112 valence electrons. The van der Waals surface area contributed by atoms with Gasteiger partial charge in [-0.2, -0.15) is 0 Å². The zero-order valence-electron chi connectivity index (χ0n) is 12.3. The van der Waals surface area contributed by atoms with Gasteiger partial charge in [0, 0.05) is 19.3 Å². The number of carbonyl (C=O) groups is 1. The molecule has 20 heavy (non-hydrogen) atoms. The molecule has 0 radical (unpaired) electrons. The van der Waals surface area contributed by atoms with Gasteiger partial charge >= 0.3 is 6.03 Å². The highest BCUT2D eigenvalue weighted by Crippen LogP contribution is 2.15. The molecule has 1 aromatic rings. The van der Waals surface area contributed by atoms with Crippen LogP contribution in [-0.4, -0.2) is 32.9 Å². The molecule has 0 heterocycles. The number of methoxy groups -OCH3 is 1. The molecule has 2 amide bonds. The van der Waals surface area contributed by atoms with Crippen molar-refractivity contribution in [2.24, 2.45) is 0 Å². The molecule has 0 spiro atoms. The van der Waals surface area contributed by atoms with Crippen molar-refractivity contribution in [3.8, 4) is 5.75 Å². The topological polar surface area (TPSA) is 59.6 Å². The Bertz CT molecular complexity index is 379. The van der Waals surface area contributed by atoms with Crippen LogP contribution in [0.15, 0.2) is 24.3 Å². The number of rotatable bonds is 9. The Morgan fingerprint density at radius 3 is 2.55 bits per heavy atom. The quantitative estimate of drug-likeness (QED) is 0.684. The first kappa shape index (κ1) is 16.3. The molecule has 0 aliphatic carbocycles. The molecule has 0 saturated carbocycles. The molecule has 0 atom stereocenters. The summed E-state index contributed by atoms with van der Waals surface area (Å²) in [5, 5.41) is 5.61. The van der Waals surface area contributed by atoms with Crippen LogP contribution < -0.4 is 15.4 Å². The SMILES string of the molecule is CCCCCNC(=O)Nc1ccc(OCCOC)cc1. The van der Waals surface area contributed by atoms with E-state index in [0.29, 0.717) is 19.8 Å². The van der Waals surface area contributed by atoms with Gasteiger partial charge in [0.15, 0.2) is 0 Å². The number of urea groups is 1. The molecule has 0 aliphatic rings. The first-order chi connectivity index (χ1) is 9.76. The Labute approximate surface area is 120 Å². The van der Waals surface area contributed by atoms with E-state index in [9.17, 15) is 4.79 Å². The van der Waals surface area contributed by atoms with Crippen molar-refractivity contribution in [1.29, 1.82) is 0 Å². The standard InChI is InChI=1S/C15H24N2O3/c1-3-4-5-10-16-15(18)17-13-6-8-14(9-7-13)20-12-11-19-2/h6-9H,3-5,10-12H2,1-2H3,(H2,16,17,18). The van der Waals surface area contributed by atoms with Gasteiger partial charge in [-0.15, -0.1) is 0 Å². The number of nitrogens with one attached hydrogen (secondary N) is 2. The highest BCUT2D eigenvalue weighted by Gasteiger charge is 2.01. The Morgan fingerprint density at radius 2 is 1.90 bits per heavy atom. The summed E-state index contributed by atoms with van der Waals surface area (Å²) in [7, 11) is 1.63. The average Bonchev–Trinajstić information content (AvgIpc) is 2.46. The summed E-state index contributed by atoms with van der Waals surface area (Å²) >= 11 is 0. The molecule has 5 heteroatoms. The Kier molecular flexibility index (Phi) is 8.22. The van der Waals surface area contributed by atoms with Crippen LogP contribution in [0.5, 0.6) is 5.75 Å². The number of carbonyl (C=O) groups excluding carboxylic acids is 1. The van der Waals surface area contributed by atoms with E-state index in [1.54, 1.807) is 7.11 Å². The van der Waals surface area contributed by atoms with Gasteiger partial charge < -0.3 is 20.1 Å². The zero-order valence-corrected chi connectivity index (χ0v) is 12.3. The molecule has 2 N–H and O–H groups in total. The molecular formula is C15H24N2O3. The highest BCUT2D eigenvalue weighted by atomic mass is 16.5. The monoisotopic (exact) mass is 280 g/mol. The first-order valence-electron chi connectivity index (χ1n) is 7.03. The van der Waals surface area contributed by atoms with Gasteiger partial charge in [-0.25, -0.2) is 4.79 Å². The van der Waals surface area contributed by atoms with Crippen molar-refractivity contribution in [2.75, 3.05) is 32.2 Å². The van der Waals surface area contributed by atoms with Gasteiger partial charge in [-0.3, -0.25) is 0 Å². The highest BCUT2D eigenvalue weighted by molar-refractivity contribution is 5.89. The van der Waals surface area contributed by atoms with Gasteiger partial charge in [0.1, 0.15) is 12.4 Å². The predicted molar refractivity (Wildman–Crippen MR) is 80.4 cm³/mol. The molecule has 0 saturated heterocycles. The molecule has 1 aromatic carbocycles. The minimum absolute atomic E-state index is 0.172. The van der Waals surface area contributed by atoms with Crippen LogP contribution in [0, 0.1) is 0 Å². The lowest BCUT2D eigenvalue weighted by atomic mass is 10.2. The van der Waals surface area contributed by atoms with Crippen molar-refractivity contribution in [2.45, 2.75) is 26.2 Å². The lowest BCUT2D eigenvalue weighted by Crippen LogP contribution is -2.29. The normalized spacial score (nSPS) is 10.1. The Morgan fingerprint density at radius 1 is 1.15 bits per heavy atom. The fraction of sp³-hybridized carbons (Fsp3) is 0.533. The summed E-state index contributed by atoms with van der Waals surface area (Å²) in [4.78, 5) is 11.6. The number of benzene rings is 1. The maximum absolute atomic E-state index is 11.6. The van der Waals surface area contributed by atoms with Crippen LogP contribution in [0.3, 0.4) is 0 Å². The predicted octanol–water partition coefficient (Wildman–Crippen LogP) is 3.02. The van der Waals surface area contributed by atoms with Crippen molar-refractivity contribution in [1.82, 2.24) is 5.32 Å². The fourth-order valence-corrected chi connectivity index (χ4v) is 1.63. The van der Waals surface area contributed by atoms with E-state index in [1.165, 1.54) is 0 Å². The van der Waals surface area contributed by atoms with E-state index >= 15 is 0 Å². The number of hydrogen-bond acceptors (Lipinski definition) is 3. The summed E-state index contributed by atoms with van der Waals surface area (Å²) in [6.45, 7) is 3.91.